The third-order valence-electron chi connectivity index (χ3n) is 3.22. The Labute approximate surface area is 94.4 Å². The first kappa shape index (κ1) is 13.8. The van der Waals surface area contributed by atoms with Gasteiger partial charge in [-0.25, -0.2) is 0 Å². The molecule has 1 aliphatic rings. The van der Waals surface area contributed by atoms with E-state index in [-0.39, 0.29) is 6.54 Å². The molecule has 0 amide bonds. The molecule has 1 aliphatic carbocycles. The topological polar surface area (TPSA) is 23.5 Å². The van der Waals surface area contributed by atoms with Crippen LogP contribution in [0.15, 0.2) is 0 Å². The minimum absolute atomic E-state index is 0.110. The van der Waals surface area contributed by atoms with Gasteiger partial charge in [-0.05, 0) is 38.6 Å². The number of alkyl halides is 3. The molecule has 1 rings (SSSR count). The zero-order valence-corrected chi connectivity index (χ0v) is 9.85. The lowest BCUT2D eigenvalue weighted by Gasteiger charge is -2.37. The summed E-state index contributed by atoms with van der Waals surface area (Å²) in [7, 11) is 1.41. The first-order valence-electron chi connectivity index (χ1n) is 5.68. The van der Waals surface area contributed by atoms with E-state index in [1.807, 2.05) is 0 Å². The Morgan fingerprint density at radius 1 is 1.31 bits per heavy atom. The summed E-state index contributed by atoms with van der Waals surface area (Å²) in [6, 6.07) is 0. The van der Waals surface area contributed by atoms with Crippen LogP contribution in [0.5, 0.6) is 0 Å². The van der Waals surface area contributed by atoms with E-state index in [0.717, 1.165) is 17.7 Å². The Balaban J connectivity index is 2.41. The van der Waals surface area contributed by atoms with Crippen molar-refractivity contribution in [1.29, 1.82) is 0 Å². The van der Waals surface area contributed by atoms with Crippen LogP contribution in [0.25, 0.3) is 0 Å². The predicted molar refractivity (Wildman–Crippen MR) is 56.1 cm³/mol. The van der Waals surface area contributed by atoms with Crippen molar-refractivity contribution in [2.75, 3.05) is 20.1 Å². The molecule has 0 heterocycles. The Bertz CT molecular complexity index is 222. The van der Waals surface area contributed by atoms with Crippen molar-refractivity contribution >= 4 is 0 Å². The molecule has 0 radical (unpaired) electrons. The van der Waals surface area contributed by atoms with Gasteiger partial charge in [-0.15, -0.1) is 0 Å². The summed E-state index contributed by atoms with van der Waals surface area (Å²) >= 11 is 0. The lowest BCUT2D eigenvalue weighted by molar-refractivity contribution is -0.150. The summed E-state index contributed by atoms with van der Waals surface area (Å²) < 4.78 is 36.4. The van der Waals surface area contributed by atoms with E-state index in [4.69, 9.17) is 0 Å². The Hall–Kier alpha value is -0.290. The second-order valence-electron chi connectivity index (χ2n) is 5.19. The first-order valence-corrected chi connectivity index (χ1v) is 5.68. The highest BCUT2D eigenvalue weighted by atomic mass is 19.4. The largest absolute Gasteiger partial charge is 0.401 e. The molecule has 0 spiro atoms. The molecule has 0 atom stereocenters. The molecule has 1 N–H and O–H groups in total. The van der Waals surface area contributed by atoms with Crippen LogP contribution >= 0.6 is 0 Å². The van der Waals surface area contributed by atoms with Crippen LogP contribution < -0.4 is 0 Å². The van der Waals surface area contributed by atoms with Crippen molar-refractivity contribution in [3.8, 4) is 0 Å². The highest BCUT2D eigenvalue weighted by Crippen LogP contribution is 2.32. The molecule has 96 valence electrons. The molecule has 5 heteroatoms. The van der Waals surface area contributed by atoms with Gasteiger partial charge >= 0.3 is 6.18 Å². The number of nitrogens with zero attached hydrogens (tertiary/aromatic N) is 1. The third-order valence-corrected chi connectivity index (χ3v) is 3.22. The molecule has 0 aliphatic heterocycles. The molecule has 1 saturated carbocycles. The lowest BCUT2D eigenvalue weighted by Crippen LogP contribution is -2.46. The van der Waals surface area contributed by atoms with Gasteiger partial charge in [0.15, 0.2) is 0 Å². The maximum absolute atomic E-state index is 12.1. The average Bonchev–Trinajstić information content (AvgIpc) is 2.07. The summed E-state index contributed by atoms with van der Waals surface area (Å²) in [6.45, 7) is 1.27. The Kier molecular flexibility index (Phi) is 4.23. The highest BCUT2D eigenvalue weighted by molar-refractivity contribution is 4.87. The van der Waals surface area contributed by atoms with E-state index in [0.29, 0.717) is 18.8 Å². The fourth-order valence-electron chi connectivity index (χ4n) is 2.32. The molecule has 0 bridgehead atoms. The third kappa shape index (κ3) is 4.70. The van der Waals surface area contributed by atoms with Crippen molar-refractivity contribution in [2.24, 2.45) is 5.92 Å². The summed E-state index contributed by atoms with van der Waals surface area (Å²) in [6.07, 6.45) is -1.17. The van der Waals surface area contributed by atoms with Gasteiger partial charge < -0.3 is 5.11 Å². The summed E-state index contributed by atoms with van der Waals surface area (Å²) in [5.74, 6) is 0.577. The van der Waals surface area contributed by atoms with Crippen LogP contribution in [0, 0.1) is 5.92 Å². The number of hydrogen-bond donors (Lipinski definition) is 1. The molecular weight excluding hydrogens is 219 g/mol. The SMILES string of the molecule is CC1CCC(O)(CN(C)CC(F)(F)F)CC1. The molecule has 0 aromatic heterocycles. The molecule has 1 fully saturated rings. The van der Waals surface area contributed by atoms with Crippen molar-refractivity contribution in [3.05, 3.63) is 0 Å². The van der Waals surface area contributed by atoms with Crippen molar-refractivity contribution in [1.82, 2.24) is 4.90 Å². The lowest BCUT2D eigenvalue weighted by atomic mass is 9.79. The summed E-state index contributed by atoms with van der Waals surface area (Å²) in [4.78, 5) is 1.16. The van der Waals surface area contributed by atoms with Gasteiger partial charge in [0.1, 0.15) is 0 Å². The van der Waals surface area contributed by atoms with E-state index >= 15 is 0 Å². The number of likely N-dealkylation sites (N-methyl/N-ethyl adjacent to an activating group) is 1. The van der Waals surface area contributed by atoms with Gasteiger partial charge in [-0.1, -0.05) is 6.92 Å². The van der Waals surface area contributed by atoms with Crippen LogP contribution in [0.4, 0.5) is 13.2 Å². The quantitative estimate of drug-likeness (QED) is 0.817. The molecule has 0 aromatic carbocycles. The van der Waals surface area contributed by atoms with Crippen LogP contribution in [0.1, 0.15) is 32.6 Å². The second kappa shape index (κ2) is 4.92. The number of rotatable bonds is 3. The van der Waals surface area contributed by atoms with E-state index in [1.165, 1.54) is 7.05 Å². The van der Waals surface area contributed by atoms with Crippen molar-refractivity contribution in [2.45, 2.75) is 44.4 Å². The van der Waals surface area contributed by atoms with Crippen molar-refractivity contribution in [3.63, 3.8) is 0 Å². The average molecular weight is 239 g/mol. The van der Waals surface area contributed by atoms with Crippen LogP contribution in [-0.4, -0.2) is 41.9 Å². The Morgan fingerprint density at radius 2 is 1.81 bits per heavy atom. The fraction of sp³-hybridized carbons (Fsp3) is 1.00. The molecular formula is C11H20F3NO. The van der Waals surface area contributed by atoms with Crippen LogP contribution in [0.3, 0.4) is 0 Å². The maximum atomic E-state index is 12.1. The summed E-state index contributed by atoms with van der Waals surface area (Å²) in [5, 5.41) is 10.1. The Morgan fingerprint density at radius 3 is 2.25 bits per heavy atom. The zero-order chi connectivity index (χ0) is 12.4. The first-order chi connectivity index (χ1) is 7.20. The standard InChI is InChI=1S/C11H20F3NO/c1-9-3-5-10(16,6-4-9)7-15(2)8-11(12,13)14/h9,16H,3-8H2,1-2H3. The van der Waals surface area contributed by atoms with Gasteiger partial charge in [0.25, 0.3) is 0 Å². The molecule has 0 unspecified atom stereocenters. The predicted octanol–water partition coefficient (Wildman–Crippen LogP) is 2.42. The van der Waals surface area contributed by atoms with Crippen molar-refractivity contribution < 1.29 is 18.3 Å². The van der Waals surface area contributed by atoms with Crippen LogP contribution in [-0.2, 0) is 0 Å². The molecule has 0 saturated heterocycles. The highest BCUT2D eigenvalue weighted by Gasteiger charge is 2.36. The number of aliphatic hydroxyl groups is 1. The van der Waals surface area contributed by atoms with Gasteiger partial charge in [-0.2, -0.15) is 13.2 Å². The summed E-state index contributed by atoms with van der Waals surface area (Å²) in [5.41, 5.74) is -0.924. The number of halogens is 3. The molecule has 2 nitrogen and oxygen atoms in total. The van der Waals surface area contributed by atoms with Gasteiger partial charge in [-0.3, -0.25) is 4.90 Å². The molecule has 0 aromatic rings. The van der Waals surface area contributed by atoms with E-state index in [2.05, 4.69) is 6.92 Å². The maximum Gasteiger partial charge on any atom is 0.401 e. The smallest absolute Gasteiger partial charge is 0.389 e. The van der Waals surface area contributed by atoms with Gasteiger partial charge in [0.2, 0.25) is 0 Å². The van der Waals surface area contributed by atoms with Crippen LogP contribution in [0.2, 0.25) is 0 Å². The molecule has 16 heavy (non-hydrogen) atoms. The minimum atomic E-state index is -4.19. The van der Waals surface area contributed by atoms with Gasteiger partial charge in [0, 0.05) is 6.54 Å². The van der Waals surface area contributed by atoms with E-state index < -0.39 is 18.3 Å². The number of hydrogen-bond acceptors (Lipinski definition) is 2. The van der Waals surface area contributed by atoms with E-state index in [1.54, 1.807) is 0 Å². The minimum Gasteiger partial charge on any atom is -0.389 e. The monoisotopic (exact) mass is 239 g/mol. The van der Waals surface area contributed by atoms with Gasteiger partial charge in [0.05, 0.1) is 12.1 Å². The second-order valence-corrected chi connectivity index (χ2v) is 5.19. The normalized spacial score (nSPS) is 32.1. The zero-order valence-electron chi connectivity index (χ0n) is 9.85. The fourth-order valence-corrected chi connectivity index (χ4v) is 2.32. The van der Waals surface area contributed by atoms with E-state index in [9.17, 15) is 18.3 Å².